The molecule has 0 spiro atoms. The van der Waals surface area contributed by atoms with E-state index in [1.165, 1.54) is 6.20 Å². The lowest BCUT2D eigenvalue weighted by Crippen LogP contribution is -2.13. The van der Waals surface area contributed by atoms with Gasteiger partial charge in [0.15, 0.2) is 0 Å². The summed E-state index contributed by atoms with van der Waals surface area (Å²) in [7, 11) is 0. The van der Waals surface area contributed by atoms with Crippen LogP contribution in [-0.2, 0) is 12.0 Å². The molecule has 0 aliphatic carbocycles. The van der Waals surface area contributed by atoms with Crippen LogP contribution >= 0.6 is 11.3 Å². The number of hydrogen-bond acceptors (Lipinski definition) is 4. The van der Waals surface area contributed by atoms with Gasteiger partial charge in [0.25, 0.3) is 0 Å². The van der Waals surface area contributed by atoms with Gasteiger partial charge < -0.3 is 9.67 Å². The average Bonchev–Trinajstić information content (AvgIpc) is 2.87. The van der Waals surface area contributed by atoms with Gasteiger partial charge >= 0.3 is 5.97 Å². The lowest BCUT2D eigenvalue weighted by atomic mass is 9.93. The van der Waals surface area contributed by atoms with E-state index in [2.05, 4.69) is 30.7 Å². The Morgan fingerprint density at radius 1 is 1.47 bits per heavy atom. The van der Waals surface area contributed by atoms with Crippen molar-refractivity contribution in [3.63, 3.8) is 0 Å². The number of aryl methyl sites for hydroxylation is 1. The molecular weight excluding hydrogens is 262 g/mol. The third kappa shape index (κ3) is 2.84. The summed E-state index contributed by atoms with van der Waals surface area (Å²) in [6, 6.07) is 0. The standard InChI is InChI=1S/C13H17N3O2S/c1-8-14-5-9(12(17)18)16(8)6-11-15-10(7-19-11)13(2,3)4/h5,7H,6H2,1-4H3,(H,17,18). The summed E-state index contributed by atoms with van der Waals surface area (Å²) in [5.74, 6) is -0.280. The number of carboxylic acids is 1. The highest BCUT2D eigenvalue weighted by Crippen LogP contribution is 2.24. The summed E-state index contributed by atoms with van der Waals surface area (Å²) < 4.78 is 1.67. The number of imidazole rings is 1. The molecule has 0 amide bonds. The van der Waals surface area contributed by atoms with E-state index in [0.717, 1.165) is 10.7 Å². The van der Waals surface area contributed by atoms with Crippen LogP contribution in [0, 0.1) is 6.92 Å². The summed E-state index contributed by atoms with van der Waals surface area (Å²) in [4.78, 5) is 19.7. The highest BCUT2D eigenvalue weighted by Gasteiger charge is 2.19. The number of carboxylic acid groups (broad SMARTS) is 1. The summed E-state index contributed by atoms with van der Waals surface area (Å²) >= 11 is 1.55. The minimum atomic E-state index is -0.965. The van der Waals surface area contributed by atoms with Gasteiger partial charge in [-0.25, -0.2) is 14.8 Å². The minimum absolute atomic E-state index is 0.00829. The Kier molecular flexibility index (Phi) is 3.45. The van der Waals surface area contributed by atoms with Crippen molar-refractivity contribution in [1.29, 1.82) is 0 Å². The number of nitrogens with zero attached hydrogens (tertiary/aromatic N) is 3. The second-order valence-electron chi connectivity index (χ2n) is 5.46. The normalized spacial score (nSPS) is 11.8. The van der Waals surface area contributed by atoms with E-state index in [0.29, 0.717) is 12.4 Å². The minimum Gasteiger partial charge on any atom is -0.477 e. The van der Waals surface area contributed by atoms with Crippen molar-refractivity contribution in [2.24, 2.45) is 0 Å². The maximum Gasteiger partial charge on any atom is 0.354 e. The Labute approximate surface area is 115 Å². The third-order valence-electron chi connectivity index (χ3n) is 2.89. The zero-order chi connectivity index (χ0) is 14.2. The van der Waals surface area contributed by atoms with Crippen molar-refractivity contribution >= 4 is 17.3 Å². The monoisotopic (exact) mass is 279 g/mol. The average molecular weight is 279 g/mol. The highest BCUT2D eigenvalue weighted by molar-refractivity contribution is 7.09. The first-order valence-corrected chi connectivity index (χ1v) is 6.87. The molecule has 0 atom stereocenters. The molecule has 0 aromatic carbocycles. The molecule has 2 aromatic heterocycles. The van der Waals surface area contributed by atoms with Gasteiger partial charge in [0, 0.05) is 10.8 Å². The van der Waals surface area contributed by atoms with Crippen LogP contribution in [0.25, 0.3) is 0 Å². The van der Waals surface area contributed by atoms with E-state index >= 15 is 0 Å². The molecule has 6 heteroatoms. The quantitative estimate of drug-likeness (QED) is 0.938. The molecule has 0 aliphatic heterocycles. The zero-order valence-electron chi connectivity index (χ0n) is 11.5. The molecule has 0 saturated carbocycles. The molecule has 0 radical (unpaired) electrons. The molecular formula is C13H17N3O2S. The molecule has 0 fully saturated rings. The number of thiazole rings is 1. The van der Waals surface area contributed by atoms with Gasteiger partial charge in [0.2, 0.25) is 0 Å². The highest BCUT2D eigenvalue weighted by atomic mass is 32.1. The fourth-order valence-corrected chi connectivity index (χ4v) is 2.71. The van der Waals surface area contributed by atoms with Crippen molar-refractivity contribution < 1.29 is 9.90 Å². The number of rotatable bonds is 3. The van der Waals surface area contributed by atoms with E-state index in [1.807, 2.05) is 5.38 Å². The van der Waals surface area contributed by atoms with Gasteiger partial charge in [-0.1, -0.05) is 20.8 Å². The van der Waals surface area contributed by atoms with Crippen LogP contribution in [0.15, 0.2) is 11.6 Å². The van der Waals surface area contributed by atoms with E-state index in [1.54, 1.807) is 22.8 Å². The summed E-state index contributed by atoms with van der Waals surface area (Å²) in [5, 5.41) is 12.0. The van der Waals surface area contributed by atoms with Crippen LogP contribution in [0.3, 0.4) is 0 Å². The summed E-state index contributed by atoms with van der Waals surface area (Å²) in [6.07, 6.45) is 1.38. The number of aromatic carboxylic acids is 1. The van der Waals surface area contributed by atoms with Gasteiger partial charge in [0.05, 0.1) is 18.4 Å². The Balaban J connectivity index is 2.29. The van der Waals surface area contributed by atoms with Crippen molar-refractivity contribution in [2.45, 2.75) is 39.7 Å². The van der Waals surface area contributed by atoms with E-state index < -0.39 is 5.97 Å². The topological polar surface area (TPSA) is 68.0 Å². The number of hydrogen-bond donors (Lipinski definition) is 1. The Bertz CT molecular complexity index is 608. The first kappa shape index (κ1) is 13.7. The van der Waals surface area contributed by atoms with Crippen molar-refractivity contribution in [1.82, 2.24) is 14.5 Å². The summed E-state index contributed by atoms with van der Waals surface area (Å²) in [5.41, 5.74) is 1.24. The molecule has 0 bridgehead atoms. The SMILES string of the molecule is Cc1ncc(C(=O)O)n1Cc1nc(C(C)(C)C)cs1. The first-order chi connectivity index (χ1) is 8.79. The second kappa shape index (κ2) is 4.77. The lowest BCUT2D eigenvalue weighted by Gasteiger charge is -2.14. The molecule has 2 rings (SSSR count). The molecule has 2 aromatic rings. The number of carbonyl (C=O) groups is 1. The van der Waals surface area contributed by atoms with Crippen molar-refractivity contribution in [3.05, 3.63) is 33.8 Å². The van der Waals surface area contributed by atoms with Crippen LogP contribution in [0.4, 0.5) is 0 Å². The fourth-order valence-electron chi connectivity index (χ4n) is 1.70. The van der Waals surface area contributed by atoms with Crippen molar-refractivity contribution in [3.8, 4) is 0 Å². The molecule has 5 nitrogen and oxygen atoms in total. The number of aromatic nitrogens is 3. The molecule has 1 N–H and O–H groups in total. The van der Waals surface area contributed by atoms with Crippen LogP contribution in [-0.4, -0.2) is 25.6 Å². The Morgan fingerprint density at radius 2 is 2.16 bits per heavy atom. The molecule has 0 saturated heterocycles. The van der Waals surface area contributed by atoms with Gasteiger partial charge in [0.1, 0.15) is 16.5 Å². The van der Waals surface area contributed by atoms with E-state index in [4.69, 9.17) is 5.11 Å². The van der Waals surface area contributed by atoms with Gasteiger partial charge in [-0.2, -0.15) is 0 Å². The van der Waals surface area contributed by atoms with Crippen LogP contribution < -0.4 is 0 Å². The van der Waals surface area contributed by atoms with Crippen LogP contribution in [0.2, 0.25) is 0 Å². The first-order valence-electron chi connectivity index (χ1n) is 5.99. The molecule has 0 unspecified atom stereocenters. The lowest BCUT2D eigenvalue weighted by molar-refractivity contribution is 0.0685. The van der Waals surface area contributed by atoms with Gasteiger partial charge in [-0.3, -0.25) is 0 Å². The molecule has 19 heavy (non-hydrogen) atoms. The van der Waals surface area contributed by atoms with Crippen molar-refractivity contribution in [2.75, 3.05) is 0 Å². The second-order valence-corrected chi connectivity index (χ2v) is 6.40. The smallest absolute Gasteiger partial charge is 0.354 e. The Hall–Kier alpha value is -1.69. The summed E-state index contributed by atoms with van der Waals surface area (Å²) in [6.45, 7) is 8.57. The molecule has 0 aliphatic rings. The maximum atomic E-state index is 11.1. The third-order valence-corrected chi connectivity index (χ3v) is 3.72. The predicted octanol–water partition coefficient (Wildman–Crippen LogP) is 2.69. The maximum absolute atomic E-state index is 11.1. The fraction of sp³-hybridized carbons (Fsp3) is 0.462. The largest absolute Gasteiger partial charge is 0.477 e. The van der Waals surface area contributed by atoms with E-state index in [9.17, 15) is 4.79 Å². The predicted molar refractivity (Wildman–Crippen MR) is 73.8 cm³/mol. The van der Waals surface area contributed by atoms with Crippen LogP contribution in [0.1, 0.15) is 47.8 Å². The van der Waals surface area contributed by atoms with Gasteiger partial charge in [-0.05, 0) is 6.92 Å². The van der Waals surface area contributed by atoms with Gasteiger partial charge in [-0.15, -0.1) is 11.3 Å². The van der Waals surface area contributed by atoms with E-state index in [-0.39, 0.29) is 11.1 Å². The molecule has 2 heterocycles. The van der Waals surface area contributed by atoms with Crippen LogP contribution in [0.5, 0.6) is 0 Å². The Morgan fingerprint density at radius 3 is 2.68 bits per heavy atom. The molecule has 102 valence electrons. The zero-order valence-corrected chi connectivity index (χ0v) is 12.3.